The first-order valence-electron chi connectivity index (χ1n) is 6.36. The van der Waals surface area contributed by atoms with Crippen molar-refractivity contribution in [2.45, 2.75) is 44.3 Å². The van der Waals surface area contributed by atoms with Crippen LogP contribution in [-0.4, -0.2) is 33.2 Å². The summed E-state index contributed by atoms with van der Waals surface area (Å²) in [6.07, 6.45) is 6.84. The average molecular weight is 252 g/mol. The molecule has 6 heteroatoms. The van der Waals surface area contributed by atoms with E-state index in [4.69, 9.17) is 10.8 Å². The van der Waals surface area contributed by atoms with Crippen LogP contribution < -0.4 is 11.1 Å². The van der Waals surface area contributed by atoms with Crippen LogP contribution in [0.1, 0.15) is 37.4 Å². The van der Waals surface area contributed by atoms with E-state index in [9.17, 15) is 4.79 Å². The molecule has 0 radical (unpaired) electrons. The molecule has 0 spiro atoms. The Labute approximate surface area is 106 Å². The third kappa shape index (κ3) is 3.54. The second kappa shape index (κ2) is 5.97. The average Bonchev–Trinajstić information content (AvgIpc) is 3.04. The third-order valence-corrected chi connectivity index (χ3v) is 3.07. The van der Waals surface area contributed by atoms with Gasteiger partial charge in [-0.1, -0.05) is 0 Å². The van der Waals surface area contributed by atoms with E-state index in [1.807, 2.05) is 4.57 Å². The van der Waals surface area contributed by atoms with Gasteiger partial charge in [0.05, 0.1) is 24.7 Å². The maximum atomic E-state index is 11.5. The number of nitrogens with one attached hydrogen (secondary N) is 1. The lowest BCUT2D eigenvalue weighted by atomic mass is 10.2. The van der Waals surface area contributed by atoms with Crippen LogP contribution in [0.4, 0.5) is 0 Å². The van der Waals surface area contributed by atoms with Gasteiger partial charge in [0.15, 0.2) is 0 Å². The fourth-order valence-corrected chi connectivity index (χ4v) is 1.86. The predicted octanol–water partition coefficient (Wildman–Crippen LogP) is -0.0660. The number of hydrogen-bond acceptors (Lipinski definition) is 4. The van der Waals surface area contributed by atoms with Crippen molar-refractivity contribution in [2.75, 3.05) is 6.61 Å². The summed E-state index contributed by atoms with van der Waals surface area (Å²) in [6, 6.07) is 0.0110. The number of nitrogens with zero attached hydrogens (tertiary/aromatic N) is 2. The summed E-state index contributed by atoms with van der Waals surface area (Å²) >= 11 is 0. The van der Waals surface area contributed by atoms with Crippen LogP contribution in [0.3, 0.4) is 0 Å². The van der Waals surface area contributed by atoms with Gasteiger partial charge in [-0.2, -0.15) is 0 Å². The molecule has 100 valence electrons. The Hall–Kier alpha value is -1.40. The Balaban J connectivity index is 1.75. The smallest absolute Gasteiger partial charge is 0.220 e. The fraction of sp³-hybridized carbons (Fsp3) is 0.667. The lowest BCUT2D eigenvalue weighted by Crippen LogP contribution is -2.25. The van der Waals surface area contributed by atoms with E-state index in [0.717, 1.165) is 25.0 Å². The standard InChI is InChI=1S/C12H20N4O2/c13-10(7-17)11-6-14-8-16(11)5-1-2-12(18)15-9-3-4-9/h6,8-10,17H,1-5,7,13H2,(H,15,18). The second-order valence-electron chi connectivity index (χ2n) is 4.75. The molecule has 1 aliphatic carbocycles. The van der Waals surface area contributed by atoms with Crippen LogP contribution in [0, 0.1) is 0 Å². The van der Waals surface area contributed by atoms with Gasteiger partial charge in [-0.15, -0.1) is 0 Å². The maximum Gasteiger partial charge on any atom is 0.220 e. The molecule has 0 aromatic carbocycles. The lowest BCUT2D eigenvalue weighted by Gasteiger charge is -2.12. The molecule has 1 fully saturated rings. The van der Waals surface area contributed by atoms with Gasteiger partial charge >= 0.3 is 0 Å². The molecule has 1 heterocycles. The fourth-order valence-electron chi connectivity index (χ4n) is 1.86. The first-order chi connectivity index (χ1) is 8.70. The first kappa shape index (κ1) is 13.0. The largest absolute Gasteiger partial charge is 0.394 e. The normalized spacial score (nSPS) is 16.6. The van der Waals surface area contributed by atoms with Crippen molar-refractivity contribution in [1.29, 1.82) is 0 Å². The van der Waals surface area contributed by atoms with E-state index in [1.165, 1.54) is 0 Å². The Morgan fingerprint density at radius 3 is 3.11 bits per heavy atom. The Morgan fingerprint density at radius 1 is 1.67 bits per heavy atom. The number of nitrogens with two attached hydrogens (primary N) is 1. The highest BCUT2D eigenvalue weighted by Crippen LogP contribution is 2.18. The molecule has 0 aliphatic heterocycles. The number of aryl methyl sites for hydroxylation is 1. The lowest BCUT2D eigenvalue weighted by molar-refractivity contribution is -0.121. The van der Waals surface area contributed by atoms with Gasteiger partial charge in [0.25, 0.3) is 0 Å². The molecule has 1 amide bonds. The van der Waals surface area contributed by atoms with E-state index in [2.05, 4.69) is 10.3 Å². The maximum absolute atomic E-state index is 11.5. The number of aromatic nitrogens is 2. The topological polar surface area (TPSA) is 93.2 Å². The van der Waals surface area contributed by atoms with Gasteiger partial charge in [0, 0.05) is 25.2 Å². The number of amides is 1. The molecule has 1 unspecified atom stereocenters. The van der Waals surface area contributed by atoms with Crippen molar-refractivity contribution in [1.82, 2.24) is 14.9 Å². The van der Waals surface area contributed by atoms with Crippen LogP contribution >= 0.6 is 0 Å². The third-order valence-electron chi connectivity index (χ3n) is 3.07. The number of aliphatic hydroxyl groups excluding tert-OH is 1. The minimum atomic E-state index is -0.409. The van der Waals surface area contributed by atoms with Crippen molar-refractivity contribution >= 4 is 5.91 Å². The van der Waals surface area contributed by atoms with Crippen molar-refractivity contribution in [2.24, 2.45) is 5.73 Å². The van der Waals surface area contributed by atoms with Crippen molar-refractivity contribution in [3.63, 3.8) is 0 Å². The minimum Gasteiger partial charge on any atom is -0.394 e. The van der Waals surface area contributed by atoms with Crippen LogP contribution in [0.15, 0.2) is 12.5 Å². The van der Waals surface area contributed by atoms with Gasteiger partial charge in [-0.25, -0.2) is 4.98 Å². The van der Waals surface area contributed by atoms with Gasteiger partial charge in [0.1, 0.15) is 0 Å². The summed E-state index contributed by atoms with van der Waals surface area (Å²) in [7, 11) is 0. The van der Waals surface area contributed by atoms with Gasteiger partial charge in [-0.05, 0) is 19.3 Å². The molecule has 1 aromatic rings. The quantitative estimate of drug-likeness (QED) is 0.633. The molecule has 1 aliphatic rings. The molecule has 1 aromatic heterocycles. The molecule has 1 atom stereocenters. The molecular formula is C12H20N4O2. The highest BCUT2D eigenvalue weighted by atomic mass is 16.3. The molecule has 1 saturated carbocycles. The van der Waals surface area contributed by atoms with Gasteiger partial charge in [-0.3, -0.25) is 4.79 Å². The van der Waals surface area contributed by atoms with Gasteiger partial charge < -0.3 is 20.7 Å². The van der Waals surface area contributed by atoms with E-state index in [1.54, 1.807) is 12.5 Å². The summed E-state index contributed by atoms with van der Waals surface area (Å²) in [5, 5.41) is 12.0. The summed E-state index contributed by atoms with van der Waals surface area (Å²) in [4.78, 5) is 15.5. The molecule has 0 saturated heterocycles. The van der Waals surface area contributed by atoms with E-state index in [0.29, 0.717) is 19.0 Å². The summed E-state index contributed by atoms with van der Waals surface area (Å²) in [5.74, 6) is 0.116. The highest BCUT2D eigenvalue weighted by molar-refractivity contribution is 5.76. The van der Waals surface area contributed by atoms with Crippen LogP contribution in [0.5, 0.6) is 0 Å². The molecular weight excluding hydrogens is 232 g/mol. The van der Waals surface area contributed by atoms with Crippen LogP contribution in [0.25, 0.3) is 0 Å². The number of hydrogen-bond donors (Lipinski definition) is 3. The van der Waals surface area contributed by atoms with E-state index in [-0.39, 0.29) is 12.5 Å². The molecule has 2 rings (SSSR count). The Bertz CT molecular complexity index is 401. The zero-order chi connectivity index (χ0) is 13.0. The number of carbonyl (C=O) groups excluding carboxylic acids is 1. The zero-order valence-corrected chi connectivity index (χ0v) is 10.4. The number of aliphatic hydroxyl groups is 1. The second-order valence-corrected chi connectivity index (χ2v) is 4.75. The molecule has 18 heavy (non-hydrogen) atoms. The van der Waals surface area contributed by atoms with Crippen molar-refractivity contribution in [3.8, 4) is 0 Å². The Morgan fingerprint density at radius 2 is 2.44 bits per heavy atom. The summed E-state index contributed by atoms with van der Waals surface area (Å²) in [5.41, 5.74) is 6.56. The number of carbonyl (C=O) groups is 1. The number of imidazole rings is 1. The van der Waals surface area contributed by atoms with Crippen molar-refractivity contribution in [3.05, 3.63) is 18.2 Å². The van der Waals surface area contributed by atoms with Crippen LogP contribution in [-0.2, 0) is 11.3 Å². The van der Waals surface area contributed by atoms with Crippen molar-refractivity contribution < 1.29 is 9.90 Å². The zero-order valence-electron chi connectivity index (χ0n) is 10.4. The van der Waals surface area contributed by atoms with Gasteiger partial charge in [0.2, 0.25) is 5.91 Å². The predicted molar refractivity (Wildman–Crippen MR) is 66.6 cm³/mol. The Kier molecular flexibility index (Phi) is 4.33. The monoisotopic (exact) mass is 252 g/mol. The van der Waals surface area contributed by atoms with E-state index >= 15 is 0 Å². The summed E-state index contributed by atoms with van der Waals surface area (Å²) < 4.78 is 1.89. The summed E-state index contributed by atoms with van der Waals surface area (Å²) in [6.45, 7) is 0.592. The molecule has 0 bridgehead atoms. The highest BCUT2D eigenvalue weighted by Gasteiger charge is 2.22. The first-order valence-corrected chi connectivity index (χ1v) is 6.36. The number of rotatable bonds is 7. The molecule has 4 N–H and O–H groups in total. The van der Waals surface area contributed by atoms with Crippen LogP contribution in [0.2, 0.25) is 0 Å². The molecule has 6 nitrogen and oxygen atoms in total. The SMILES string of the molecule is NC(CO)c1cncn1CCCC(=O)NC1CC1. The van der Waals surface area contributed by atoms with E-state index < -0.39 is 6.04 Å². The minimum absolute atomic E-state index is 0.103.